The highest BCUT2D eigenvalue weighted by atomic mass is 14.2. The minimum absolute atomic E-state index is 0.500. The third kappa shape index (κ3) is 4.74. The van der Waals surface area contributed by atoms with Crippen molar-refractivity contribution < 1.29 is 0 Å². The molecule has 0 heterocycles. The lowest BCUT2D eigenvalue weighted by Crippen LogP contribution is -2.00. The van der Waals surface area contributed by atoms with Crippen LogP contribution in [-0.2, 0) is 0 Å². The summed E-state index contributed by atoms with van der Waals surface area (Å²) in [5.41, 5.74) is 6.59. The van der Waals surface area contributed by atoms with E-state index >= 15 is 0 Å². The van der Waals surface area contributed by atoms with Gasteiger partial charge in [0, 0.05) is 11.1 Å². The molecular weight excluding hydrogens is 300 g/mol. The Morgan fingerprint density at radius 2 is 1.48 bits per heavy atom. The molecule has 0 fully saturated rings. The molecule has 1 aliphatic rings. The molecule has 0 aliphatic heterocycles. The van der Waals surface area contributed by atoms with Crippen LogP contribution in [0.2, 0.25) is 0 Å². The molecule has 0 atom stereocenters. The lowest BCUT2D eigenvalue weighted by Gasteiger charge is -2.18. The van der Waals surface area contributed by atoms with Crippen molar-refractivity contribution in [2.24, 2.45) is 5.92 Å². The first-order chi connectivity index (χ1) is 12.2. The Hall–Kier alpha value is -2.52. The molecule has 0 unspecified atom stereocenters. The summed E-state index contributed by atoms with van der Waals surface area (Å²) in [6.45, 7) is 4.55. The second-order valence-corrected chi connectivity index (χ2v) is 6.95. The van der Waals surface area contributed by atoms with Crippen molar-refractivity contribution in [1.82, 2.24) is 0 Å². The van der Waals surface area contributed by atoms with Crippen molar-refractivity contribution >= 4 is 5.57 Å². The fraction of sp³-hybridized carbons (Fsp3) is 0.280. The molecule has 0 nitrogen and oxygen atoms in total. The summed E-state index contributed by atoms with van der Waals surface area (Å²) in [6.07, 6.45) is 7.17. The van der Waals surface area contributed by atoms with E-state index in [1.165, 1.54) is 35.1 Å². The molecule has 0 spiro atoms. The fourth-order valence-corrected chi connectivity index (χ4v) is 3.30. The monoisotopic (exact) mass is 326 g/mol. The molecule has 126 valence electrons. The summed E-state index contributed by atoms with van der Waals surface area (Å²) in [4.78, 5) is 0. The van der Waals surface area contributed by atoms with Gasteiger partial charge in [-0.3, -0.25) is 0 Å². The Labute approximate surface area is 152 Å². The molecule has 2 aromatic rings. The van der Waals surface area contributed by atoms with Crippen molar-refractivity contribution in [3.05, 3.63) is 89.0 Å². The van der Waals surface area contributed by atoms with Crippen molar-refractivity contribution in [3.63, 3.8) is 0 Å². The van der Waals surface area contributed by atoms with E-state index in [-0.39, 0.29) is 0 Å². The van der Waals surface area contributed by atoms with Crippen LogP contribution in [0.1, 0.15) is 50.7 Å². The van der Waals surface area contributed by atoms with Crippen LogP contribution in [0.3, 0.4) is 0 Å². The van der Waals surface area contributed by atoms with E-state index in [0.717, 1.165) is 18.4 Å². The van der Waals surface area contributed by atoms with Crippen molar-refractivity contribution in [3.8, 4) is 11.8 Å². The van der Waals surface area contributed by atoms with Crippen molar-refractivity contribution in [1.29, 1.82) is 0 Å². The van der Waals surface area contributed by atoms with Gasteiger partial charge < -0.3 is 0 Å². The molecule has 0 bridgehead atoms. The summed E-state index contributed by atoms with van der Waals surface area (Å²) in [6, 6.07) is 21.0. The van der Waals surface area contributed by atoms with Crippen molar-refractivity contribution in [2.45, 2.75) is 39.5 Å². The van der Waals surface area contributed by atoms with E-state index in [2.05, 4.69) is 74.2 Å². The van der Waals surface area contributed by atoms with Gasteiger partial charge in [0.1, 0.15) is 0 Å². The highest BCUT2D eigenvalue weighted by Gasteiger charge is 2.13. The van der Waals surface area contributed by atoms with Gasteiger partial charge in [-0.1, -0.05) is 80.3 Å². The Morgan fingerprint density at radius 3 is 2.16 bits per heavy atom. The minimum atomic E-state index is 0.500. The van der Waals surface area contributed by atoms with Crippen LogP contribution in [0.4, 0.5) is 0 Å². The molecule has 0 saturated carbocycles. The fourth-order valence-electron chi connectivity index (χ4n) is 3.30. The number of rotatable bonds is 3. The molecule has 1 aliphatic carbocycles. The van der Waals surface area contributed by atoms with Crippen LogP contribution in [0.15, 0.2) is 77.9 Å². The van der Waals surface area contributed by atoms with Gasteiger partial charge in [-0.2, -0.15) is 0 Å². The largest absolute Gasteiger partial charge is 0.0658 e. The maximum Gasteiger partial charge on any atom is 0.0248 e. The third-order valence-corrected chi connectivity index (χ3v) is 4.70. The Bertz CT molecular complexity index is 809. The number of allylic oxidation sites excluding steroid dienone is 4. The summed E-state index contributed by atoms with van der Waals surface area (Å²) in [5.74, 6) is 7.32. The molecule has 0 heteroatoms. The number of hydrogen-bond acceptors (Lipinski definition) is 0. The third-order valence-electron chi connectivity index (χ3n) is 4.70. The molecule has 0 aromatic heterocycles. The van der Waals surface area contributed by atoms with E-state index in [9.17, 15) is 0 Å². The first-order valence-corrected chi connectivity index (χ1v) is 9.30. The van der Waals surface area contributed by atoms with Crippen LogP contribution in [0.25, 0.3) is 5.57 Å². The lowest BCUT2D eigenvalue weighted by atomic mass is 9.87. The average Bonchev–Trinajstić information content (AvgIpc) is 2.66. The maximum absolute atomic E-state index is 3.47. The molecule has 3 rings (SSSR count). The molecule has 25 heavy (non-hydrogen) atoms. The zero-order valence-electron chi connectivity index (χ0n) is 15.3. The summed E-state index contributed by atoms with van der Waals surface area (Å²) < 4.78 is 0. The van der Waals surface area contributed by atoms with Crippen LogP contribution in [0.5, 0.6) is 0 Å². The quantitative estimate of drug-likeness (QED) is 0.554. The summed E-state index contributed by atoms with van der Waals surface area (Å²) in [5, 5.41) is 0. The normalized spacial score (nSPS) is 15.1. The van der Waals surface area contributed by atoms with Gasteiger partial charge in [0.25, 0.3) is 0 Å². The van der Waals surface area contributed by atoms with Crippen LogP contribution in [0, 0.1) is 17.8 Å². The zero-order valence-corrected chi connectivity index (χ0v) is 15.3. The topological polar surface area (TPSA) is 0 Å². The van der Waals surface area contributed by atoms with E-state index in [1.807, 2.05) is 18.2 Å². The smallest absolute Gasteiger partial charge is 0.0248 e. The Kier molecular flexibility index (Phi) is 5.91. The summed E-state index contributed by atoms with van der Waals surface area (Å²) >= 11 is 0. The van der Waals surface area contributed by atoms with E-state index in [0.29, 0.717) is 5.92 Å². The Balaban J connectivity index is 1.98. The maximum atomic E-state index is 3.47. The van der Waals surface area contributed by atoms with Gasteiger partial charge >= 0.3 is 0 Å². The Morgan fingerprint density at radius 1 is 0.840 bits per heavy atom. The predicted octanol–water partition coefficient (Wildman–Crippen LogP) is 6.65. The number of benzene rings is 2. The first-order valence-electron chi connectivity index (χ1n) is 9.30. The second kappa shape index (κ2) is 8.54. The second-order valence-electron chi connectivity index (χ2n) is 6.95. The molecule has 0 N–H and O–H groups in total. The number of hydrogen-bond donors (Lipinski definition) is 0. The van der Waals surface area contributed by atoms with E-state index in [1.54, 1.807) is 0 Å². The van der Waals surface area contributed by atoms with Gasteiger partial charge in [0.05, 0.1) is 0 Å². The highest BCUT2D eigenvalue weighted by molar-refractivity contribution is 5.70. The molecular formula is C25H26. The van der Waals surface area contributed by atoms with Crippen molar-refractivity contribution in [2.75, 3.05) is 0 Å². The van der Waals surface area contributed by atoms with Gasteiger partial charge in [0.2, 0.25) is 0 Å². The van der Waals surface area contributed by atoms with Gasteiger partial charge in [-0.25, -0.2) is 0 Å². The van der Waals surface area contributed by atoms with Gasteiger partial charge in [0.15, 0.2) is 0 Å². The highest BCUT2D eigenvalue weighted by Crippen LogP contribution is 2.31. The van der Waals surface area contributed by atoms with E-state index < -0.39 is 0 Å². The van der Waals surface area contributed by atoms with Crippen LogP contribution in [-0.4, -0.2) is 0 Å². The summed E-state index contributed by atoms with van der Waals surface area (Å²) in [7, 11) is 0. The standard InChI is InChI=1S/C25H26/c1-20(2)25(23-14-7-4-8-15-23)19-24-16-10-9-13-22(24)18-17-21-11-5-3-6-12-21/h3-8,11-12,14-15,19-20H,9-10,13,16H2,1-2H3/b25-19-. The predicted molar refractivity (Wildman–Crippen MR) is 108 cm³/mol. The molecule has 0 radical (unpaired) electrons. The lowest BCUT2D eigenvalue weighted by molar-refractivity contribution is 0.695. The van der Waals surface area contributed by atoms with Crippen LogP contribution < -0.4 is 0 Å². The van der Waals surface area contributed by atoms with Gasteiger partial charge in [-0.05, 0) is 60.4 Å². The molecule has 0 amide bonds. The minimum Gasteiger partial charge on any atom is -0.0658 e. The molecule has 0 saturated heterocycles. The van der Waals surface area contributed by atoms with E-state index in [4.69, 9.17) is 0 Å². The first kappa shape index (κ1) is 17.3. The van der Waals surface area contributed by atoms with Gasteiger partial charge in [-0.15, -0.1) is 0 Å². The average molecular weight is 326 g/mol. The SMILES string of the molecule is CC(C)/C(=C/C1=C(C#Cc2ccccc2)CCCC1)c1ccccc1. The van der Waals surface area contributed by atoms with Crippen LogP contribution >= 0.6 is 0 Å². The zero-order chi connectivity index (χ0) is 17.5. The molecule has 2 aromatic carbocycles.